The summed E-state index contributed by atoms with van der Waals surface area (Å²) in [7, 11) is -3.28. The van der Waals surface area contributed by atoms with Gasteiger partial charge in [0.15, 0.2) is 0 Å². The van der Waals surface area contributed by atoms with Gasteiger partial charge >= 0.3 is 5.69 Å². The number of piperidine rings is 1. The second-order valence-electron chi connectivity index (χ2n) is 7.98. The van der Waals surface area contributed by atoms with E-state index in [0.717, 1.165) is 34.5 Å². The van der Waals surface area contributed by atoms with Crippen molar-refractivity contribution in [2.75, 3.05) is 19.3 Å². The number of sulfonamides is 1. The highest BCUT2D eigenvalue weighted by atomic mass is 32.2. The molecule has 0 saturated carbocycles. The Balaban J connectivity index is 1.77. The number of aryl methyl sites for hydroxylation is 2. The van der Waals surface area contributed by atoms with E-state index in [-0.39, 0.29) is 11.6 Å². The minimum Gasteiger partial charge on any atom is -0.246 e. The molecule has 1 fully saturated rings. The minimum absolute atomic E-state index is 0.122. The molecule has 0 amide bonds. The van der Waals surface area contributed by atoms with E-state index in [2.05, 4.69) is 18.2 Å². The number of thiophene rings is 1. The Morgan fingerprint density at radius 2 is 2.03 bits per heavy atom. The Kier molecular flexibility index (Phi) is 5.69. The van der Waals surface area contributed by atoms with E-state index >= 15 is 0 Å². The predicted octanol–water partition coefficient (Wildman–Crippen LogP) is 2.90. The second kappa shape index (κ2) is 8.13. The maximum absolute atomic E-state index is 13.3. The third-order valence-electron chi connectivity index (χ3n) is 5.63. The summed E-state index contributed by atoms with van der Waals surface area (Å²) in [5.74, 6) is 0.518. The molecular formula is C21H26N4O3S2. The Bertz CT molecular complexity index is 1210. The van der Waals surface area contributed by atoms with E-state index in [1.165, 1.54) is 26.6 Å². The third-order valence-corrected chi connectivity index (χ3v) is 7.76. The molecule has 1 unspecified atom stereocenters. The van der Waals surface area contributed by atoms with E-state index in [9.17, 15) is 13.2 Å². The van der Waals surface area contributed by atoms with Crippen LogP contribution in [-0.2, 0) is 16.6 Å². The average molecular weight is 447 g/mol. The number of nitrogens with zero attached hydrogens (tertiary/aromatic N) is 4. The molecule has 1 aliphatic heterocycles. The van der Waals surface area contributed by atoms with Crippen LogP contribution in [0, 0.1) is 13.8 Å². The molecule has 0 radical (unpaired) electrons. The molecule has 1 atom stereocenters. The SMILES string of the molecule is Cc1ccc(C)c(Cn2nc(C3CCCN(S(C)(=O)=O)C3)n(-c3cccs3)c2=O)c1. The largest absolute Gasteiger partial charge is 0.351 e. The molecule has 4 rings (SSSR count). The van der Waals surface area contributed by atoms with Gasteiger partial charge in [-0.2, -0.15) is 5.10 Å². The fraction of sp³-hybridized carbons (Fsp3) is 0.429. The van der Waals surface area contributed by atoms with Crippen molar-refractivity contribution in [2.45, 2.75) is 39.2 Å². The van der Waals surface area contributed by atoms with Crippen molar-refractivity contribution in [3.05, 3.63) is 68.7 Å². The van der Waals surface area contributed by atoms with Crippen molar-refractivity contribution in [3.8, 4) is 5.00 Å². The van der Waals surface area contributed by atoms with Gasteiger partial charge in [0.05, 0.1) is 12.8 Å². The highest BCUT2D eigenvalue weighted by molar-refractivity contribution is 7.88. The topological polar surface area (TPSA) is 77.2 Å². The van der Waals surface area contributed by atoms with Crippen LogP contribution in [0.25, 0.3) is 5.00 Å². The van der Waals surface area contributed by atoms with E-state index < -0.39 is 10.0 Å². The van der Waals surface area contributed by atoms with E-state index in [4.69, 9.17) is 5.10 Å². The summed E-state index contributed by atoms with van der Waals surface area (Å²) in [5, 5.41) is 7.46. The van der Waals surface area contributed by atoms with Gasteiger partial charge in [0, 0.05) is 19.0 Å². The smallest absolute Gasteiger partial charge is 0.246 e. The van der Waals surface area contributed by atoms with E-state index in [1.807, 2.05) is 31.4 Å². The minimum atomic E-state index is -3.28. The van der Waals surface area contributed by atoms with Gasteiger partial charge in [-0.25, -0.2) is 26.8 Å². The number of hydrogen-bond acceptors (Lipinski definition) is 5. The summed E-state index contributed by atoms with van der Waals surface area (Å²) in [5.41, 5.74) is 3.11. The molecule has 1 aromatic carbocycles. The molecule has 7 nitrogen and oxygen atoms in total. The van der Waals surface area contributed by atoms with Gasteiger partial charge in [-0.05, 0) is 55.3 Å². The number of benzene rings is 1. The molecule has 3 heterocycles. The van der Waals surface area contributed by atoms with Crippen LogP contribution in [0.15, 0.2) is 40.5 Å². The van der Waals surface area contributed by atoms with Gasteiger partial charge in [0.1, 0.15) is 10.8 Å². The highest BCUT2D eigenvalue weighted by Crippen LogP contribution is 2.29. The van der Waals surface area contributed by atoms with Crippen molar-refractivity contribution in [2.24, 2.45) is 0 Å². The number of rotatable bonds is 5. The maximum atomic E-state index is 13.3. The van der Waals surface area contributed by atoms with Crippen LogP contribution in [0.1, 0.15) is 41.3 Å². The molecular weight excluding hydrogens is 420 g/mol. The Morgan fingerprint density at radius 1 is 1.23 bits per heavy atom. The van der Waals surface area contributed by atoms with E-state index in [1.54, 1.807) is 4.57 Å². The lowest BCUT2D eigenvalue weighted by Gasteiger charge is -2.30. The first kappa shape index (κ1) is 21.0. The van der Waals surface area contributed by atoms with Gasteiger partial charge in [0.25, 0.3) is 0 Å². The second-order valence-corrected chi connectivity index (χ2v) is 10.9. The van der Waals surface area contributed by atoms with Crippen LogP contribution in [0.2, 0.25) is 0 Å². The molecule has 0 aliphatic carbocycles. The molecule has 1 aliphatic rings. The summed E-state index contributed by atoms with van der Waals surface area (Å²) < 4.78 is 28.8. The third kappa shape index (κ3) is 4.14. The Labute approximate surface area is 180 Å². The first-order valence-corrected chi connectivity index (χ1v) is 12.7. The predicted molar refractivity (Wildman–Crippen MR) is 119 cm³/mol. The van der Waals surface area contributed by atoms with Gasteiger partial charge in [-0.3, -0.25) is 0 Å². The fourth-order valence-electron chi connectivity index (χ4n) is 3.98. The molecule has 2 aromatic heterocycles. The Hall–Kier alpha value is -2.23. The van der Waals surface area contributed by atoms with Crippen LogP contribution in [0.5, 0.6) is 0 Å². The summed E-state index contributed by atoms with van der Waals surface area (Å²) >= 11 is 1.48. The average Bonchev–Trinajstić information content (AvgIpc) is 3.32. The van der Waals surface area contributed by atoms with Crippen LogP contribution in [-0.4, -0.2) is 46.4 Å². The summed E-state index contributed by atoms with van der Waals surface area (Å²) in [6, 6.07) is 9.99. The Morgan fingerprint density at radius 3 is 2.73 bits per heavy atom. The zero-order chi connectivity index (χ0) is 21.5. The standard InChI is InChI=1S/C21H26N4O3S2/c1-15-8-9-16(2)18(12-15)14-24-21(26)25(19-7-5-11-29-19)20(22-24)17-6-4-10-23(13-17)30(3,27)28/h5,7-9,11-12,17H,4,6,10,13-14H2,1-3H3. The van der Waals surface area contributed by atoms with Crippen molar-refractivity contribution < 1.29 is 8.42 Å². The molecule has 1 saturated heterocycles. The summed E-state index contributed by atoms with van der Waals surface area (Å²) in [4.78, 5) is 13.3. The number of aromatic nitrogens is 3. The van der Waals surface area contributed by atoms with Crippen LogP contribution < -0.4 is 5.69 Å². The normalized spacial score (nSPS) is 18.0. The fourth-order valence-corrected chi connectivity index (χ4v) is 5.62. The molecule has 3 aromatic rings. The zero-order valence-corrected chi connectivity index (χ0v) is 19.0. The zero-order valence-electron chi connectivity index (χ0n) is 17.4. The molecule has 0 spiro atoms. The van der Waals surface area contributed by atoms with Crippen molar-refractivity contribution in [1.29, 1.82) is 0 Å². The van der Waals surface area contributed by atoms with Crippen molar-refractivity contribution in [1.82, 2.24) is 18.7 Å². The van der Waals surface area contributed by atoms with Gasteiger partial charge in [0.2, 0.25) is 10.0 Å². The molecule has 0 bridgehead atoms. The van der Waals surface area contributed by atoms with Crippen LogP contribution in [0.3, 0.4) is 0 Å². The van der Waals surface area contributed by atoms with Crippen LogP contribution in [0.4, 0.5) is 0 Å². The lowest BCUT2D eigenvalue weighted by atomic mass is 9.99. The first-order valence-electron chi connectivity index (χ1n) is 9.99. The van der Waals surface area contributed by atoms with Crippen molar-refractivity contribution >= 4 is 21.4 Å². The summed E-state index contributed by atoms with van der Waals surface area (Å²) in [6.45, 7) is 5.32. The van der Waals surface area contributed by atoms with Crippen molar-refractivity contribution in [3.63, 3.8) is 0 Å². The van der Waals surface area contributed by atoms with Gasteiger partial charge in [-0.15, -0.1) is 11.3 Å². The van der Waals surface area contributed by atoms with Gasteiger partial charge in [-0.1, -0.05) is 23.8 Å². The lowest BCUT2D eigenvalue weighted by molar-refractivity contribution is 0.308. The molecule has 9 heteroatoms. The number of hydrogen-bond donors (Lipinski definition) is 0. The summed E-state index contributed by atoms with van der Waals surface area (Å²) in [6.07, 6.45) is 2.79. The quantitative estimate of drug-likeness (QED) is 0.604. The molecule has 0 N–H and O–H groups in total. The monoisotopic (exact) mass is 446 g/mol. The van der Waals surface area contributed by atoms with Crippen LogP contribution >= 0.6 is 11.3 Å². The van der Waals surface area contributed by atoms with Gasteiger partial charge < -0.3 is 0 Å². The van der Waals surface area contributed by atoms with E-state index in [0.29, 0.717) is 25.5 Å². The maximum Gasteiger partial charge on any atom is 0.351 e. The first-order chi connectivity index (χ1) is 14.2. The molecule has 30 heavy (non-hydrogen) atoms. The lowest BCUT2D eigenvalue weighted by Crippen LogP contribution is -2.39. The molecule has 160 valence electrons. The highest BCUT2D eigenvalue weighted by Gasteiger charge is 2.31.